The topological polar surface area (TPSA) is 52.0 Å². The van der Waals surface area contributed by atoms with Crippen molar-refractivity contribution in [2.24, 2.45) is 5.92 Å². The lowest BCUT2D eigenvalue weighted by Gasteiger charge is -2.21. The Bertz CT molecular complexity index is 1450. The predicted octanol–water partition coefficient (Wildman–Crippen LogP) is 11.7. The molecule has 3 rings (SSSR count). The highest BCUT2D eigenvalue weighted by molar-refractivity contribution is 5.83. The van der Waals surface area contributed by atoms with Gasteiger partial charge in [0.25, 0.3) is 0 Å². The van der Waals surface area contributed by atoms with E-state index in [1.54, 1.807) is 0 Å². The maximum Gasteiger partial charge on any atom is 0.244 e. The number of alkyl halides is 4. The standard InChI is InChI=1S/C37H58N4O3.C5H8F2.2CH3F/c1-8-14-23-41-35-27-31(42-25-15-22-39(11-4)12-5)18-20-34(35)38-37(41)33-19-17-32(44-29-30(7)16-9-2)28-36(33)43-26-24-40(13-6)21-10-3;1-3-4(2)5(6)7;2*1-2/h16-20,27-28H,8-15,21-26,29H2,1-7H3;3-5H,1H2,2H3;2*1H3/b30-16+;;;. The van der Waals surface area contributed by atoms with Crippen molar-refractivity contribution in [2.75, 3.05) is 73.4 Å². The highest BCUT2D eigenvalue weighted by Gasteiger charge is 2.19. The fourth-order valence-electron chi connectivity index (χ4n) is 5.59. The van der Waals surface area contributed by atoms with Crippen molar-refractivity contribution in [2.45, 2.75) is 100 Å². The van der Waals surface area contributed by atoms with Crippen molar-refractivity contribution in [3.05, 3.63) is 60.7 Å². The zero-order valence-electron chi connectivity index (χ0n) is 35.6. The van der Waals surface area contributed by atoms with E-state index in [1.807, 2.05) is 18.2 Å². The monoisotopic (exact) mass is 781 g/mol. The van der Waals surface area contributed by atoms with E-state index < -0.39 is 12.3 Å². The molecule has 2 aromatic carbocycles. The number of ether oxygens (including phenoxy) is 3. The van der Waals surface area contributed by atoms with Crippen molar-refractivity contribution < 1.29 is 31.8 Å². The second kappa shape index (κ2) is 31.6. The zero-order valence-corrected chi connectivity index (χ0v) is 35.6. The number of likely N-dealkylation sites (N-methyl/N-ethyl adjacent to an activating group) is 1. The molecule has 0 fully saturated rings. The molecule has 0 radical (unpaired) electrons. The number of imidazole rings is 1. The van der Waals surface area contributed by atoms with Crippen LogP contribution < -0.4 is 14.2 Å². The molecule has 1 unspecified atom stereocenters. The molecule has 0 aliphatic rings. The van der Waals surface area contributed by atoms with Gasteiger partial charge in [-0.15, -0.1) is 6.58 Å². The summed E-state index contributed by atoms with van der Waals surface area (Å²) in [6.07, 6.45) is 6.51. The SMILES string of the molecule is C=CC(C)C(F)F.CC/C=C(\C)COc1ccc(-c2nc3ccc(OCCCN(CC)CC)cc3n2CCCC)c(OCCN(CC)CCC)c1.CF.CF. The Balaban J connectivity index is 0.00000235. The van der Waals surface area contributed by atoms with Crippen LogP contribution in [0.25, 0.3) is 22.4 Å². The average molecular weight is 781 g/mol. The molecule has 1 aromatic heterocycles. The Morgan fingerprint density at radius 3 is 2.02 bits per heavy atom. The smallest absolute Gasteiger partial charge is 0.244 e. The molecule has 0 spiro atoms. The van der Waals surface area contributed by atoms with E-state index >= 15 is 0 Å². The summed E-state index contributed by atoms with van der Waals surface area (Å²) < 4.78 is 63.0. The Kier molecular flexibility index (Phi) is 29.6. The van der Waals surface area contributed by atoms with Crippen LogP contribution in [0.3, 0.4) is 0 Å². The number of aryl methyl sites for hydroxylation is 1. The first-order valence-electron chi connectivity index (χ1n) is 20.0. The minimum Gasteiger partial charge on any atom is -0.493 e. The minimum absolute atomic E-state index is 0.500. The molecule has 0 saturated heterocycles. The molecule has 0 saturated carbocycles. The molecular formula is C44H72F4N4O3. The van der Waals surface area contributed by atoms with E-state index in [4.69, 9.17) is 19.2 Å². The zero-order chi connectivity index (χ0) is 41.6. The van der Waals surface area contributed by atoms with Crippen molar-refractivity contribution in [1.82, 2.24) is 19.4 Å². The molecule has 3 aromatic rings. The molecule has 7 nitrogen and oxygen atoms in total. The number of fused-ring (bicyclic) bond motifs is 1. The summed E-state index contributed by atoms with van der Waals surface area (Å²) in [6, 6.07) is 12.5. The minimum atomic E-state index is -2.25. The lowest BCUT2D eigenvalue weighted by molar-refractivity contribution is 0.109. The van der Waals surface area contributed by atoms with E-state index in [-0.39, 0.29) is 0 Å². The van der Waals surface area contributed by atoms with E-state index in [1.165, 1.54) is 18.6 Å². The Hall–Kier alpha value is -3.57. The van der Waals surface area contributed by atoms with Gasteiger partial charge in [-0.25, -0.2) is 13.8 Å². The number of aromatic nitrogens is 2. The third-order valence-corrected chi connectivity index (χ3v) is 8.87. The highest BCUT2D eigenvalue weighted by Crippen LogP contribution is 2.36. The summed E-state index contributed by atoms with van der Waals surface area (Å²) in [4.78, 5) is 10.0. The number of nitrogens with zero attached hydrogens (tertiary/aromatic N) is 4. The maximum absolute atomic E-state index is 11.4. The van der Waals surface area contributed by atoms with Crippen LogP contribution in [0.4, 0.5) is 17.6 Å². The summed E-state index contributed by atoms with van der Waals surface area (Å²) in [5.41, 5.74) is 4.29. The van der Waals surface area contributed by atoms with Crippen LogP contribution in [0.1, 0.15) is 87.5 Å². The van der Waals surface area contributed by atoms with Gasteiger partial charge in [0.05, 0.1) is 37.6 Å². The molecule has 0 aliphatic heterocycles. The number of allylic oxidation sites excluding steroid dienone is 2. The third-order valence-electron chi connectivity index (χ3n) is 8.87. The Morgan fingerprint density at radius 1 is 0.800 bits per heavy atom. The van der Waals surface area contributed by atoms with Gasteiger partial charge in [0, 0.05) is 37.7 Å². The van der Waals surface area contributed by atoms with Crippen molar-refractivity contribution in [3.63, 3.8) is 0 Å². The molecular weight excluding hydrogens is 709 g/mol. The number of benzene rings is 2. The molecule has 55 heavy (non-hydrogen) atoms. The molecule has 0 N–H and O–H groups in total. The summed E-state index contributed by atoms with van der Waals surface area (Å²) in [5, 5.41) is 0. The predicted molar refractivity (Wildman–Crippen MR) is 225 cm³/mol. The van der Waals surface area contributed by atoms with Crippen molar-refractivity contribution >= 4 is 11.0 Å². The summed E-state index contributed by atoms with van der Waals surface area (Å²) >= 11 is 0. The van der Waals surface area contributed by atoms with Crippen LogP contribution in [-0.4, -0.2) is 99.2 Å². The van der Waals surface area contributed by atoms with E-state index in [2.05, 4.69) is 93.7 Å². The van der Waals surface area contributed by atoms with Gasteiger partial charge in [-0.05, 0) is 88.6 Å². The van der Waals surface area contributed by atoms with Crippen LogP contribution in [0, 0.1) is 5.92 Å². The van der Waals surface area contributed by atoms with Crippen LogP contribution in [0.2, 0.25) is 0 Å². The number of rotatable bonds is 24. The summed E-state index contributed by atoms with van der Waals surface area (Å²) in [6.45, 7) is 28.9. The summed E-state index contributed by atoms with van der Waals surface area (Å²) in [5.74, 6) is 2.78. The van der Waals surface area contributed by atoms with Crippen LogP contribution in [-0.2, 0) is 6.54 Å². The molecule has 0 aliphatic carbocycles. The van der Waals surface area contributed by atoms with Gasteiger partial charge in [0.15, 0.2) is 0 Å². The highest BCUT2D eigenvalue weighted by atomic mass is 19.3. The molecule has 1 heterocycles. The lowest BCUT2D eigenvalue weighted by atomic mass is 10.1. The Labute approximate surface area is 330 Å². The first-order chi connectivity index (χ1) is 26.6. The average Bonchev–Trinajstić information content (AvgIpc) is 3.57. The first-order valence-corrected chi connectivity index (χ1v) is 20.0. The van der Waals surface area contributed by atoms with Crippen molar-refractivity contribution in [3.8, 4) is 28.6 Å². The summed E-state index contributed by atoms with van der Waals surface area (Å²) in [7, 11) is 1.00. The largest absolute Gasteiger partial charge is 0.493 e. The third kappa shape index (κ3) is 19.2. The maximum atomic E-state index is 11.4. The van der Waals surface area contributed by atoms with Gasteiger partial charge in [0.2, 0.25) is 6.43 Å². The molecule has 1 atom stereocenters. The Morgan fingerprint density at radius 2 is 1.45 bits per heavy atom. The van der Waals surface area contributed by atoms with Gasteiger partial charge < -0.3 is 28.6 Å². The second-order valence-corrected chi connectivity index (χ2v) is 12.9. The molecule has 314 valence electrons. The lowest BCUT2D eigenvalue weighted by Crippen LogP contribution is -2.29. The van der Waals surface area contributed by atoms with Gasteiger partial charge in [-0.1, -0.05) is 67.0 Å². The van der Waals surface area contributed by atoms with Crippen LogP contribution >= 0.6 is 0 Å². The van der Waals surface area contributed by atoms with E-state index in [0.29, 0.717) is 34.2 Å². The van der Waals surface area contributed by atoms with E-state index in [0.717, 1.165) is 118 Å². The first kappa shape index (κ1) is 51.4. The van der Waals surface area contributed by atoms with Gasteiger partial charge in [-0.2, -0.15) is 0 Å². The number of halogens is 4. The van der Waals surface area contributed by atoms with Gasteiger partial charge in [0.1, 0.15) is 36.3 Å². The van der Waals surface area contributed by atoms with E-state index in [9.17, 15) is 17.6 Å². The normalized spacial score (nSPS) is 11.7. The quantitative estimate of drug-likeness (QED) is 0.0513. The fraction of sp³-hybridized carbons (Fsp3) is 0.614. The molecule has 0 amide bonds. The van der Waals surface area contributed by atoms with Crippen molar-refractivity contribution in [1.29, 1.82) is 0 Å². The molecule has 0 bridgehead atoms. The molecule has 11 heteroatoms. The second-order valence-electron chi connectivity index (χ2n) is 12.9. The fourth-order valence-corrected chi connectivity index (χ4v) is 5.59. The number of hydrogen-bond donors (Lipinski definition) is 0. The van der Waals surface area contributed by atoms with Crippen LogP contribution in [0.15, 0.2) is 60.7 Å². The van der Waals surface area contributed by atoms with Gasteiger partial charge >= 0.3 is 0 Å². The van der Waals surface area contributed by atoms with Gasteiger partial charge in [-0.3, -0.25) is 8.78 Å². The number of unbranched alkanes of at least 4 members (excludes halogenated alkanes) is 1. The van der Waals surface area contributed by atoms with Crippen LogP contribution in [0.5, 0.6) is 17.2 Å². The number of hydrogen-bond acceptors (Lipinski definition) is 6.